The number of thiazole rings is 1. The highest BCUT2D eigenvalue weighted by Gasteiger charge is 2.21. The predicted octanol–water partition coefficient (Wildman–Crippen LogP) is 7.44. The summed E-state index contributed by atoms with van der Waals surface area (Å²) in [6.07, 6.45) is 0.876. The largest absolute Gasteiger partial charge is 0.486 e. The molecular formula is C25H25Cl2N3O2S2. The molecule has 0 fully saturated rings. The number of ether oxygens (including phenoxy) is 1. The monoisotopic (exact) mass is 533 g/mol. The lowest BCUT2D eigenvalue weighted by Crippen LogP contribution is -2.32. The molecule has 0 aliphatic rings. The van der Waals surface area contributed by atoms with E-state index in [0.717, 1.165) is 28.5 Å². The lowest BCUT2D eigenvalue weighted by molar-refractivity contribution is 0.0938. The van der Waals surface area contributed by atoms with E-state index >= 15 is 0 Å². The zero-order valence-corrected chi connectivity index (χ0v) is 22.2. The number of thiophene rings is 1. The van der Waals surface area contributed by atoms with Gasteiger partial charge in [-0.1, -0.05) is 36.2 Å². The fourth-order valence-electron chi connectivity index (χ4n) is 3.50. The normalized spacial score (nSPS) is 12.0. The topological polar surface area (TPSA) is 56.1 Å². The Morgan fingerprint density at radius 1 is 1.21 bits per heavy atom. The smallest absolute Gasteiger partial charge is 0.253 e. The van der Waals surface area contributed by atoms with Gasteiger partial charge in [0, 0.05) is 32.0 Å². The highest BCUT2D eigenvalue weighted by atomic mass is 35.5. The molecule has 1 N–H and O–H groups in total. The van der Waals surface area contributed by atoms with E-state index in [1.165, 1.54) is 16.2 Å². The molecule has 0 spiro atoms. The van der Waals surface area contributed by atoms with E-state index in [4.69, 9.17) is 32.9 Å². The van der Waals surface area contributed by atoms with Gasteiger partial charge in [-0.05, 0) is 56.0 Å². The molecule has 4 aromatic rings. The van der Waals surface area contributed by atoms with E-state index in [0.29, 0.717) is 34.5 Å². The maximum Gasteiger partial charge on any atom is 0.253 e. The van der Waals surface area contributed by atoms with E-state index in [-0.39, 0.29) is 11.9 Å². The van der Waals surface area contributed by atoms with E-state index in [1.807, 2.05) is 31.4 Å². The summed E-state index contributed by atoms with van der Waals surface area (Å²) in [6, 6.07) is 11.3. The third kappa shape index (κ3) is 5.84. The number of nitrogens with one attached hydrogen (secondary N) is 1. The van der Waals surface area contributed by atoms with E-state index in [2.05, 4.69) is 28.3 Å². The van der Waals surface area contributed by atoms with Gasteiger partial charge in [0.15, 0.2) is 0 Å². The van der Waals surface area contributed by atoms with Crippen LogP contribution in [0.4, 0.5) is 0 Å². The van der Waals surface area contributed by atoms with Crippen molar-refractivity contribution in [2.24, 2.45) is 0 Å². The molecule has 34 heavy (non-hydrogen) atoms. The first-order valence-corrected chi connectivity index (χ1v) is 13.4. The standard InChI is InChI=1S/C25H25Cl2N3O2S2/c1-4-15(2)28-25(31)21-11-23(30(16(21)3)12-20-6-5-7-33-20)22-14-34-24(29-22)13-32-19-9-17(26)8-18(27)10-19/h5-11,14-15H,4,12-13H2,1-3H3,(H,28,31). The maximum atomic E-state index is 13.0. The number of carbonyl (C=O) groups excluding carboxylic acids is 1. The van der Waals surface area contributed by atoms with E-state index < -0.39 is 0 Å². The second-order valence-corrected chi connectivity index (χ2v) is 10.8. The van der Waals surface area contributed by atoms with Crippen LogP contribution in [0.5, 0.6) is 5.75 Å². The van der Waals surface area contributed by atoms with Crippen molar-refractivity contribution in [1.29, 1.82) is 0 Å². The van der Waals surface area contributed by atoms with Gasteiger partial charge >= 0.3 is 0 Å². The van der Waals surface area contributed by atoms with Crippen LogP contribution in [0.2, 0.25) is 10.0 Å². The van der Waals surface area contributed by atoms with E-state index in [9.17, 15) is 4.79 Å². The Bertz CT molecular complexity index is 1260. The quantitative estimate of drug-likeness (QED) is 0.243. The molecule has 0 saturated carbocycles. The Morgan fingerprint density at radius 3 is 2.65 bits per heavy atom. The Kier molecular flexibility index (Phi) is 7.99. The number of hydrogen-bond donors (Lipinski definition) is 1. The van der Waals surface area contributed by atoms with Gasteiger partial charge in [-0.3, -0.25) is 4.79 Å². The molecule has 9 heteroatoms. The molecule has 5 nitrogen and oxygen atoms in total. The zero-order chi connectivity index (χ0) is 24.2. The lowest BCUT2D eigenvalue weighted by Gasteiger charge is -2.12. The van der Waals surface area contributed by atoms with Gasteiger partial charge in [-0.25, -0.2) is 4.98 Å². The summed E-state index contributed by atoms with van der Waals surface area (Å²) in [7, 11) is 0. The lowest BCUT2D eigenvalue weighted by atomic mass is 10.2. The number of carbonyl (C=O) groups is 1. The number of amides is 1. The molecule has 3 aromatic heterocycles. The number of rotatable bonds is 9. The molecule has 3 heterocycles. The van der Waals surface area contributed by atoms with Gasteiger partial charge in [-0.15, -0.1) is 22.7 Å². The molecule has 0 aliphatic heterocycles. The van der Waals surface area contributed by atoms with Crippen molar-refractivity contribution >= 4 is 51.8 Å². The van der Waals surface area contributed by atoms with Crippen LogP contribution >= 0.6 is 45.9 Å². The maximum absolute atomic E-state index is 13.0. The van der Waals surface area contributed by atoms with Gasteiger partial charge in [0.05, 0.1) is 23.5 Å². The van der Waals surface area contributed by atoms with Crippen LogP contribution in [-0.2, 0) is 13.2 Å². The Hall–Kier alpha value is -2.32. The van der Waals surface area contributed by atoms with Gasteiger partial charge in [-0.2, -0.15) is 0 Å². The molecule has 178 valence electrons. The minimum Gasteiger partial charge on any atom is -0.486 e. The van der Waals surface area contributed by atoms with Crippen molar-refractivity contribution in [3.63, 3.8) is 0 Å². The second kappa shape index (κ2) is 11.0. The van der Waals surface area contributed by atoms with Crippen LogP contribution in [-0.4, -0.2) is 21.5 Å². The molecule has 0 radical (unpaired) electrons. The van der Waals surface area contributed by atoms with Crippen LogP contribution in [0.3, 0.4) is 0 Å². The fraction of sp³-hybridized carbons (Fsp3) is 0.280. The summed E-state index contributed by atoms with van der Waals surface area (Å²) in [5.41, 5.74) is 3.32. The van der Waals surface area contributed by atoms with Gasteiger partial charge in [0.1, 0.15) is 17.4 Å². The van der Waals surface area contributed by atoms with Crippen LogP contribution in [0.25, 0.3) is 11.4 Å². The SMILES string of the molecule is CCC(C)NC(=O)c1cc(-c2csc(COc3cc(Cl)cc(Cl)c3)n2)n(Cc2cccs2)c1C. The minimum atomic E-state index is -0.0605. The summed E-state index contributed by atoms with van der Waals surface area (Å²) in [4.78, 5) is 19.0. The highest BCUT2D eigenvalue weighted by molar-refractivity contribution is 7.10. The van der Waals surface area contributed by atoms with Gasteiger partial charge in [0.25, 0.3) is 5.91 Å². The molecule has 1 unspecified atom stereocenters. The van der Waals surface area contributed by atoms with Crippen molar-refractivity contribution in [2.75, 3.05) is 0 Å². The van der Waals surface area contributed by atoms with Crippen LogP contribution < -0.4 is 10.1 Å². The van der Waals surface area contributed by atoms with Crippen molar-refractivity contribution < 1.29 is 9.53 Å². The number of aromatic nitrogens is 2. The Labute approximate surface area is 217 Å². The summed E-state index contributed by atoms with van der Waals surface area (Å²) in [6.45, 7) is 7.03. The molecule has 1 aromatic carbocycles. The van der Waals surface area contributed by atoms with Crippen molar-refractivity contribution in [3.8, 4) is 17.1 Å². The predicted molar refractivity (Wildman–Crippen MR) is 142 cm³/mol. The van der Waals surface area contributed by atoms with Crippen molar-refractivity contribution in [1.82, 2.24) is 14.9 Å². The summed E-state index contributed by atoms with van der Waals surface area (Å²) >= 11 is 15.3. The number of benzene rings is 1. The first-order chi connectivity index (χ1) is 16.3. The number of nitrogens with zero attached hydrogens (tertiary/aromatic N) is 2. The molecule has 0 bridgehead atoms. The van der Waals surface area contributed by atoms with Crippen molar-refractivity contribution in [2.45, 2.75) is 46.4 Å². The molecule has 1 amide bonds. The average Bonchev–Trinajstić information content (AvgIpc) is 3.53. The minimum absolute atomic E-state index is 0.0605. The van der Waals surface area contributed by atoms with E-state index in [1.54, 1.807) is 29.5 Å². The molecule has 0 aliphatic carbocycles. The first kappa shape index (κ1) is 24.8. The molecule has 4 rings (SSSR count). The Morgan fingerprint density at radius 2 is 1.97 bits per heavy atom. The fourth-order valence-corrected chi connectivity index (χ4v) is 5.40. The van der Waals surface area contributed by atoms with Crippen LogP contribution in [0.15, 0.2) is 47.2 Å². The second-order valence-electron chi connectivity index (χ2n) is 8.00. The number of halogens is 2. The summed E-state index contributed by atoms with van der Waals surface area (Å²) < 4.78 is 8.01. The van der Waals surface area contributed by atoms with Crippen LogP contribution in [0.1, 0.15) is 46.2 Å². The third-order valence-electron chi connectivity index (χ3n) is 5.51. The van der Waals surface area contributed by atoms with Crippen LogP contribution in [0, 0.1) is 6.92 Å². The highest BCUT2D eigenvalue weighted by Crippen LogP contribution is 2.30. The summed E-state index contributed by atoms with van der Waals surface area (Å²) in [5, 5.41) is 9.00. The molecule has 0 saturated heterocycles. The van der Waals surface area contributed by atoms with Gasteiger partial charge in [0.2, 0.25) is 0 Å². The molecular weight excluding hydrogens is 509 g/mol. The zero-order valence-electron chi connectivity index (χ0n) is 19.1. The third-order valence-corrected chi connectivity index (χ3v) is 7.63. The number of hydrogen-bond acceptors (Lipinski definition) is 5. The van der Waals surface area contributed by atoms with Gasteiger partial charge < -0.3 is 14.6 Å². The first-order valence-electron chi connectivity index (χ1n) is 10.9. The summed E-state index contributed by atoms with van der Waals surface area (Å²) in [5.74, 6) is 0.532. The average molecular weight is 535 g/mol. The van der Waals surface area contributed by atoms with Crippen molar-refractivity contribution in [3.05, 3.63) is 78.3 Å². The molecule has 1 atom stereocenters. The Balaban J connectivity index is 1.61.